The molecule has 2 N–H and O–H groups in total. The number of amides is 1. The Morgan fingerprint density at radius 2 is 2.11 bits per heavy atom. The maximum Gasteiger partial charge on any atom is 0.251 e. The number of aromatic nitrogens is 1. The summed E-state index contributed by atoms with van der Waals surface area (Å²) in [6.07, 6.45) is -0.188. The molecular weight excluding hydrogens is 279 g/mol. The quantitative estimate of drug-likeness (QED) is 0.780. The SMILES string of the molecule is COCC(O)CCNC(=O)c1cc(Cl)nc(Cl)c1. The van der Waals surface area contributed by atoms with E-state index < -0.39 is 6.10 Å². The minimum absolute atomic E-state index is 0.159. The standard InChI is InChI=1S/C11H14Cl2N2O3/c1-18-6-8(16)2-3-14-11(17)7-4-9(12)15-10(13)5-7/h4-5,8,16H,2-3,6H2,1H3,(H,14,17). The molecule has 0 radical (unpaired) electrons. The molecule has 0 aliphatic carbocycles. The predicted octanol–water partition coefficient (Wildman–Crippen LogP) is 1.52. The molecule has 1 aromatic heterocycles. The van der Waals surface area contributed by atoms with Crippen molar-refractivity contribution in [2.45, 2.75) is 12.5 Å². The molecule has 7 heteroatoms. The van der Waals surface area contributed by atoms with E-state index in [2.05, 4.69) is 10.3 Å². The van der Waals surface area contributed by atoms with Gasteiger partial charge in [-0.25, -0.2) is 4.98 Å². The van der Waals surface area contributed by atoms with Gasteiger partial charge in [-0.15, -0.1) is 0 Å². The predicted molar refractivity (Wildman–Crippen MR) is 69.1 cm³/mol. The lowest BCUT2D eigenvalue weighted by Crippen LogP contribution is -2.28. The van der Waals surface area contributed by atoms with Crippen LogP contribution in [0.1, 0.15) is 16.8 Å². The molecule has 1 unspecified atom stereocenters. The molecule has 1 heterocycles. The topological polar surface area (TPSA) is 71.5 Å². The van der Waals surface area contributed by atoms with Crippen molar-refractivity contribution in [2.75, 3.05) is 20.3 Å². The summed E-state index contributed by atoms with van der Waals surface area (Å²) in [5, 5.41) is 12.4. The number of ether oxygens (including phenoxy) is 1. The first-order valence-corrected chi connectivity index (χ1v) is 6.07. The van der Waals surface area contributed by atoms with Gasteiger partial charge in [-0.1, -0.05) is 23.2 Å². The van der Waals surface area contributed by atoms with Crippen LogP contribution in [0.25, 0.3) is 0 Å². The number of pyridine rings is 1. The van der Waals surface area contributed by atoms with Gasteiger partial charge in [0.2, 0.25) is 0 Å². The van der Waals surface area contributed by atoms with Crippen LogP contribution < -0.4 is 5.32 Å². The average molecular weight is 293 g/mol. The molecule has 1 rings (SSSR count). The summed E-state index contributed by atoms with van der Waals surface area (Å²) in [4.78, 5) is 15.5. The Bertz CT molecular complexity index is 395. The number of carbonyl (C=O) groups excluding carboxylic acids is 1. The number of nitrogens with one attached hydrogen (secondary N) is 1. The van der Waals surface area contributed by atoms with Gasteiger partial charge in [-0.3, -0.25) is 4.79 Å². The number of aliphatic hydroxyl groups is 1. The van der Waals surface area contributed by atoms with E-state index >= 15 is 0 Å². The van der Waals surface area contributed by atoms with E-state index in [1.807, 2.05) is 0 Å². The summed E-state index contributed by atoms with van der Waals surface area (Å²) in [5.74, 6) is -0.314. The second-order valence-electron chi connectivity index (χ2n) is 3.66. The zero-order chi connectivity index (χ0) is 13.5. The molecule has 0 aliphatic rings. The van der Waals surface area contributed by atoms with Gasteiger partial charge in [0.1, 0.15) is 10.3 Å². The first kappa shape index (κ1) is 15.2. The summed E-state index contributed by atoms with van der Waals surface area (Å²) < 4.78 is 4.77. The molecule has 0 saturated heterocycles. The van der Waals surface area contributed by atoms with E-state index in [-0.39, 0.29) is 22.8 Å². The number of hydrogen-bond acceptors (Lipinski definition) is 4. The van der Waals surface area contributed by atoms with Gasteiger partial charge >= 0.3 is 0 Å². The van der Waals surface area contributed by atoms with Gasteiger partial charge in [0.15, 0.2) is 0 Å². The molecule has 100 valence electrons. The third-order valence-corrected chi connectivity index (χ3v) is 2.53. The van der Waals surface area contributed by atoms with Crippen LogP contribution in [0, 0.1) is 0 Å². The summed E-state index contributed by atoms with van der Waals surface area (Å²) in [5.41, 5.74) is 0.334. The highest BCUT2D eigenvalue weighted by atomic mass is 35.5. The molecule has 1 amide bonds. The van der Waals surface area contributed by atoms with E-state index in [4.69, 9.17) is 27.9 Å². The Labute approximate surface area is 115 Å². The van der Waals surface area contributed by atoms with E-state index in [9.17, 15) is 9.90 Å². The highest BCUT2D eigenvalue weighted by Gasteiger charge is 2.09. The van der Waals surface area contributed by atoms with Gasteiger partial charge < -0.3 is 15.2 Å². The van der Waals surface area contributed by atoms with Crippen molar-refractivity contribution in [1.82, 2.24) is 10.3 Å². The molecule has 1 atom stereocenters. The average Bonchev–Trinajstić information content (AvgIpc) is 2.27. The van der Waals surface area contributed by atoms with Crippen molar-refractivity contribution in [1.29, 1.82) is 0 Å². The Kier molecular flexibility index (Phi) is 6.35. The first-order valence-electron chi connectivity index (χ1n) is 5.31. The smallest absolute Gasteiger partial charge is 0.251 e. The van der Waals surface area contributed by atoms with Gasteiger partial charge in [-0.2, -0.15) is 0 Å². The molecule has 0 aromatic carbocycles. The third-order valence-electron chi connectivity index (χ3n) is 2.15. The third kappa shape index (κ3) is 5.18. The lowest BCUT2D eigenvalue weighted by atomic mass is 10.2. The Morgan fingerprint density at radius 3 is 2.67 bits per heavy atom. The number of aliphatic hydroxyl groups excluding tert-OH is 1. The number of hydrogen-bond donors (Lipinski definition) is 2. The maximum atomic E-state index is 11.7. The number of nitrogens with zero attached hydrogens (tertiary/aromatic N) is 1. The minimum atomic E-state index is -0.597. The van der Waals surface area contributed by atoms with Crippen LogP contribution in [0.3, 0.4) is 0 Å². The van der Waals surface area contributed by atoms with Gasteiger partial charge in [-0.05, 0) is 18.6 Å². The van der Waals surface area contributed by atoms with E-state index in [1.165, 1.54) is 19.2 Å². The summed E-state index contributed by atoms with van der Waals surface area (Å²) in [7, 11) is 1.50. The van der Waals surface area contributed by atoms with Crippen molar-refractivity contribution in [3.05, 3.63) is 28.0 Å². The fraction of sp³-hybridized carbons (Fsp3) is 0.455. The molecule has 18 heavy (non-hydrogen) atoms. The largest absolute Gasteiger partial charge is 0.391 e. The second-order valence-corrected chi connectivity index (χ2v) is 4.43. The fourth-order valence-electron chi connectivity index (χ4n) is 1.33. The van der Waals surface area contributed by atoms with Crippen molar-refractivity contribution in [2.24, 2.45) is 0 Å². The van der Waals surface area contributed by atoms with Gasteiger partial charge in [0.25, 0.3) is 5.91 Å². The molecule has 0 spiro atoms. The summed E-state index contributed by atoms with van der Waals surface area (Å²) >= 11 is 11.4. The van der Waals surface area contributed by atoms with E-state index in [0.29, 0.717) is 18.5 Å². The van der Waals surface area contributed by atoms with Crippen LogP contribution in [0.5, 0.6) is 0 Å². The van der Waals surface area contributed by atoms with Crippen LogP contribution in [0.2, 0.25) is 10.3 Å². The number of methoxy groups -OCH3 is 1. The number of rotatable bonds is 6. The van der Waals surface area contributed by atoms with Gasteiger partial charge in [0, 0.05) is 19.2 Å². The van der Waals surface area contributed by atoms with Crippen molar-refractivity contribution < 1.29 is 14.6 Å². The highest BCUT2D eigenvalue weighted by molar-refractivity contribution is 6.33. The summed E-state index contributed by atoms with van der Waals surface area (Å²) in [6.45, 7) is 0.573. The number of carbonyl (C=O) groups is 1. The second kappa shape index (κ2) is 7.53. The molecule has 0 aliphatic heterocycles. The molecule has 0 bridgehead atoms. The van der Waals surface area contributed by atoms with Crippen LogP contribution in [-0.2, 0) is 4.74 Å². The number of halogens is 2. The molecular formula is C11H14Cl2N2O3. The zero-order valence-electron chi connectivity index (χ0n) is 9.82. The molecule has 0 fully saturated rings. The summed E-state index contributed by atoms with van der Waals surface area (Å²) in [6, 6.07) is 2.85. The minimum Gasteiger partial charge on any atom is -0.391 e. The van der Waals surface area contributed by atoms with E-state index in [1.54, 1.807) is 0 Å². The lowest BCUT2D eigenvalue weighted by Gasteiger charge is -2.10. The maximum absolute atomic E-state index is 11.7. The lowest BCUT2D eigenvalue weighted by molar-refractivity contribution is 0.0587. The van der Waals surface area contributed by atoms with E-state index in [0.717, 1.165) is 0 Å². The van der Waals surface area contributed by atoms with Crippen molar-refractivity contribution in [3.8, 4) is 0 Å². The highest BCUT2D eigenvalue weighted by Crippen LogP contribution is 2.14. The fourth-order valence-corrected chi connectivity index (χ4v) is 1.79. The zero-order valence-corrected chi connectivity index (χ0v) is 11.3. The van der Waals surface area contributed by atoms with Crippen molar-refractivity contribution >= 4 is 29.1 Å². The van der Waals surface area contributed by atoms with Crippen LogP contribution >= 0.6 is 23.2 Å². The Hall–Kier alpha value is -0.880. The Balaban J connectivity index is 2.45. The molecule has 0 saturated carbocycles. The molecule has 1 aromatic rings. The normalized spacial score (nSPS) is 12.2. The van der Waals surface area contributed by atoms with Crippen LogP contribution in [0.15, 0.2) is 12.1 Å². The Morgan fingerprint density at radius 1 is 1.50 bits per heavy atom. The van der Waals surface area contributed by atoms with Gasteiger partial charge in [0.05, 0.1) is 12.7 Å². The first-order chi connectivity index (χ1) is 8.52. The monoisotopic (exact) mass is 292 g/mol. The van der Waals surface area contributed by atoms with Crippen LogP contribution in [0.4, 0.5) is 0 Å². The van der Waals surface area contributed by atoms with Crippen molar-refractivity contribution in [3.63, 3.8) is 0 Å². The van der Waals surface area contributed by atoms with Crippen LogP contribution in [-0.4, -0.2) is 42.4 Å². The molecule has 5 nitrogen and oxygen atoms in total.